The van der Waals surface area contributed by atoms with Crippen LogP contribution in [0.4, 0.5) is 0 Å². The number of halogens is 1. The van der Waals surface area contributed by atoms with Gasteiger partial charge in [0.15, 0.2) is 0 Å². The van der Waals surface area contributed by atoms with Crippen LogP contribution in [0.15, 0.2) is 24.3 Å². The van der Waals surface area contributed by atoms with Gasteiger partial charge in [-0.1, -0.05) is 26.0 Å². The zero-order valence-corrected chi connectivity index (χ0v) is 14.3. The van der Waals surface area contributed by atoms with E-state index in [1.165, 1.54) is 0 Å². The molecular formula is C15H21IN2O3. The van der Waals surface area contributed by atoms with Crippen LogP contribution in [0.25, 0.3) is 0 Å². The van der Waals surface area contributed by atoms with Gasteiger partial charge >= 0.3 is 0 Å². The van der Waals surface area contributed by atoms with Gasteiger partial charge in [-0.2, -0.15) is 0 Å². The Labute approximate surface area is 138 Å². The maximum atomic E-state index is 11.9. The molecule has 21 heavy (non-hydrogen) atoms. The van der Waals surface area contributed by atoms with E-state index in [1.807, 2.05) is 38.1 Å². The van der Waals surface area contributed by atoms with Crippen LogP contribution < -0.4 is 11.1 Å². The van der Waals surface area contributed by atoms with E-state index in [0.717, 1.165) is 9.13 Å². The highest BCUT2D eigenvalue weighted by Gasteiger charge is 2.23. The van der Waals surface area contributed by atoms with E-state index in [2.05, 4.69) is 27.9 Å². The molecule has 5 nitrogen and oxygen atoms in total. The predicted octanol–water partition coefficient (Wildman–Crippen LogP) is 1.21. The van der Waals surface area contributed by atoms with Crippen LogP contribution in [0.5, 0.6) is 0 Å². The lowest BCUT2D eigenvalue weighted by atomic mass is 10.0. The number of nitrogens with two attached hydrogens (primary N) is 1. The van der Waals surface area contributed by atoms with E-state index in [1.54, 1.807) is 0 Å². The van der Waals surface area contributed by atoms with Crippen LogP contribution in [0, 0.1) is 9.49 Å². The summed E-state index contributed by atoms with van der Waals surface area (Å²) in [4.78, 5) is 23.4. The molecule has 0 aliphatic carbocycles. The first kappa shape index (κ1) is 17.9. The molecule has 0 unspecified atom stereocenters. The monoisotopic (exact) mass is 404 g/mol. The molecule has 0 aromatic heterocycles. The van der Waals surface area contributed by atoms with Gasteiger partial charge in [-0.15, -0.1) is 0 Å². The Balaban J connectivity index is 2.70. The van der Waals surface area contributed by atoms with Gasteiger partial charge in [-0.3, -0.25) is 9.59 Å². The third-order valence-electron chi connectivity index (χ3n) is 2.99. The van der Waals surface area contributed by atoms with Gasteiger partial charge in [0.1, 0.15) is 12.1 Å². The van der Waals surface area contributed by atoms with Crippen LogP contribution >= 0.6 is 22.6 Å². The molecule has 0 radical (unpaired) electrons. The Hall–Kier alpha value is -1.15. The standard InChI is InChI=1S/C15H21IN2O3/c1-9(2)6-13(19)15(21)18-12(14(17)20)8-10-4-3-5-11(16)7-10/h3-5,7,9,12-13,19H,6,8H2,1-2H3,(H2,17,20)(H,18,21)/t12-,13-/m0/s1. The average Bonchev–Trinajstić information content (AvgIpc) is 2.36. The molecule has 6 heteroatoms. The first-order chi connectivity index (χ1) is 9.79. The lowest BCUT2D eigenvalue weighted by molar-refractivity contribution is -0.133. The number of rotatable bonds is 7. The van der Waals surface area contributed by atoms with E-state index in [-0.39, 0.29) is 5.92 Å². The van der Waals surface area contributed by atoms with Crippen molar-refractivity contribution < 1.29 is 14.7 Å². The zero-order valence-electron chi connectivity index (χ0n) is 12.2. The molecule has 0 aliphatic rings. The van der Waals surface area contributed by atoms with E-state index in [4.69, 9.17) is 5.73 Å². The van der Waals surface area contributed by atoms with E-state index in [9.17, 15) is 14.7 Å². The maximum absolute atomic E-state index is 11.9. The minimum Gasteiger partial charge on any atom is -0.383 e. The summed E-state index contributed by atoms with van der Waals surface area (Å²) in [6.45, 7) is 3.82. The quantitative estimate of drug-likeness (QED) is 0.597. The Morgan fingerprint density at radius 3 is 2.57 bits per heavy atom. The van der Waals surface area contributed by atoms with Crippen LogP contribution in [0.2, 0.25) is 0 Å². The summed E-state index contributed by atoms with van der Waals surface area (Å²) < 4.78 is 1.04. The second-order valence-electron chi connectivity index (χ2n) is 5.44. The van der Waals surface area contributed by atoms with Crippen molar-refractivity contribution in [3.05, 3.63) is 33.4 Å². The number of hydrogen-bond acceptors (Lipinski definition) is 3. The third-order valence-corrected chi connectivity index (χ3v) is 3.66. The largest absolute Gasteiger partial charge is 0.383 e. The van der Waals surface area contributed by atoms with Gasteiger partial charge < -0.3 is 16.2 Å². The summed E-state index contributed by atoms with van der Waals surface area (Å²) in [7, 11) is 0. The highest BCUT2D eigenvalue weighted by molar-refractivity contribution is 14.1. The van der Waals surface area contributed by atoms with Crippen molar-refractivity contribution in [1.82, 2.24) is 5.32 Å². The summed E-state index contributed by atoms with van der Waals surface area (Å²) in [6, 6.07) is 6.79. The van der Waals surface area contributed by atoms with Crippen LogP contribution in [-0.2, 0) is 16.0 Å². The van der Waals surface area contributed by atoms with Gasteiger partial charge in [0.2, 0.25) is 11.8 Å². The predicted molar refractivity (Wildman–Crippen MR) is 89.4 cm³/mol. The second kappa shape index (κ2) is 8.33. The molecule has 4 N–H and O–H groups in total. The van der Waals surface area contributed by atoms with Crippen molar-refractivity contribution in [2.24, 2.45) is 11.7 Å². The van der Waals surface area contributed by atoms with E-state index < -0.39 is 24.0 Å². The van der Waals surface area contributed by atoms with Crippen LogP contribution in [0.1, 0.15) is 25.8 Å². The van der Waals surface area contributed by atoms with Crippen molar-refractivity contribution in [2.75, 3.05) is 0 Å². The van der Waals surface area contributed by atoms with Crippen molar-refractivity contribution >= 4 is 34.4 Å². The number of aliphatic hydroxyl groups is 1. The van der Waals surface area contributed by atoms with Crippen molar-refractivity contribution in [1.29, 1.82) is 0 Å². The van der Waals surface area contributed by atoms with Gasteiger partial charge in [0.05, 0.1) is 0 Å². The molecule has 0 saturated heterocycles. The van der Waals surface area contributed by atoms with Gasteiger partial charge in [0, 0.05) is 9.99 Å². The van der Waals surface area contributed by atoms with Crippen molar-refractivity contribution in [3.8, 4) is 0 Å². The molecule has 0 fully saturated rings. The first-order valence-corrected chi connectivity index (χ1v) is 7.89. The Bertz CT molecular complexity index is 505. The van der Waals surface area contributed by atoms with Gasteiger partial charge in [0.25, 0.3) is 0 Å². The normalized spacial score (nSPS) is 13.8. The topological polar surface area (TPSA) is 92.4 Å². The molecule has 1 aromatic carbocycles. The number of nitrogens with one attached hydrogen (secondary N) is 1. The number of hydrogen-bond donors (Lipinski definition) is 3. The second-order valence-corrected chi connectivity index (χ2v) is 6.69. The molecule has 0 saturated carbocycles. The summed E-state index contributed by atoms with van der Waals surface area (Å²) in [6.07, 6.45) is -0.463. The molecule has 116 valence electrons. The average molecular weight is 404 g/mol. The zero-order chi connectivity index (χ0) is 16.0. The molecule has 0 spiro atoms. The molecule has 0 heterocycles. The molecule has 2 amide bonds. The fraction of sp³-hybridized carbons (Fsp3) is 0.467. The Morgan fingerprint density at radius 2 is 2.05 bits per heavy atom. The van der Waals surface area contributed by atoms with Gasteiger partial charge in [-0.25, -0.2) is 0 Å². The molecule has 0 aliphatic heterocycles. The number of benzene rings is 1. The lowest BCUT2D eigenvalue weighted by Gasteiger charge is -2.19. The fourth-order valence-corrected chi connectivity index (χ4v) is 2.55. The maximum Gasteiger partial charge on any atom is 0.249 e. The Morgan fingerprint density at radius 1 is 1.38 bits per heavy atom. The molecule has 1 rings (SSSR count). The molecule has 2 atom stereocenters. The number of carbonyl (C=O) groups excluding carboxylic acids is 2. The summed E-state index contributed by atoms with van der Waals surface area (Å²) in [5, 5.41) is 12.3. The lowest BCUT2D eigenvalue weighted by Crippen LogP contribution is -2.49. The minimum atomic E-state index is -1.12. The highest BCUT2D eigenvalue weighted by atomic mass is 127. The minimum absolute atomic E-state index is 0.188. The van der Waals surface area contributed by atoms with E-state index >= 15 is 0 Å². The van der Waals surface area contributed by atoms with Crippen LogP contribution in [-0.4, -0.2) is 29.1 Å². The fourth-order valence-electron chi connectivity index (χ4n) is 1.94. The number of amides is 2. The highest BCUT2D eigenvalue weighted by Crippen LogP contribution is 2.10. The Kier molecular flexibility index (Phi) is 7.10. The molecular weight excluding hydrogens is 383 g/mol. The molecule has 1 aromatic rings. The van der Waals surface area contributed by atoms with E-state index in [0.29, 0.717) is 12.8 Å². The summed E-state index contributed by atoms with van der Waals surface area (Å²) in [5.41, 5.74) is 6.24. The number of aliphatic hydroxyl groups excluding tert-OH is 1. The third kappa shape index (κ3) is 6.43. The summed E-state index contributed by atoms with van der Waals surface area (Å²) >= 11 is 2.18. The summed E-state index contributed by atoms with van der Waals surface area (Å²) in [5.74, 6) is -0.981. The van der Waals surface area contributed by atoms with Crippen LogP contribution in [0.3, 0.4) is 0 Å². The van der Waals surface area contributed by atoms with Crippen molar-refractivity contribution in [3.63, 3.8) is 0 Å². The van der Waals surface area contributed by atoms with Gasteiger partial charge in [-0.05, 0) is 52.6 Å². The smallest absolute Gasteiger partial charge is 0.249 e. The number of carbonyl (C=O) groups is 2. The number of primary amides is 1. The van der Waals surface area contributed by atoms with Crippen molar-refractivity contribution in [2.45, 2.75) is 38.8 Å². The SMILES string of the molecule is CC(C)C[C@H](O)C(=O)N[C@@H](Cc1cccc(I)c1)C(N)=O. The first-order valence-electron chi connectivity index (χ1n) is 6.81. The molecule has 0 bridgehead atoms.